The highest BCUT2D eigenvalue weighted by Crippen LogP contribution is 2.21. The zero-order valence-corrected chi connectivity index (χ0v) is 9.16. The highest BCUT2D eigenvalue weighted by Gasteiger charge is 2.15. The molecule has 1 N–H and O–H groups in total. The Morgan fingerprint density at radius 3 is 2.44 bits per heavy atom. The molecule has 0 saturated carbocycles. The van der Waals surface area contributed by atoms with Gasteiger partial charge in [0, 0.05) is 18.6 Å². The molecule has 0 radical (unpaired) electrons. The molecule has 4 nitrogen and oxygen atoms in total. The monoisotopic (exact) mass is 258 g/mol. The molecule has 18 heavy (non-hydrogen) atoms. The molecule has 0 atom stereocenters. The fourth-order valence-corrected chi connectivity index (χ4v) is 1.39. The van der Waals surface area contributed by atoms with E-state index in [1.54, 1.807) is 0 Å². The third-order valence-electron chi connectivity index (χ3n) is 2.26. The van der Waals surface area contributed by atoms with Gasteiger partial charge in [0.25, 0.3) is 0 Å². The van der Waals surface area contributed by atoms with E-state index in [0.717, 1.165) is 12.1 Å². The number of nitrogens with zero attached hydrogens (tertiary/aromatic N) is 2. The molecular weight excluding hydrogens is 249 g/mol. The molecule has 0 bridgehead atoms. The largest absolute Gasteiger partial charge is 0.396 e. The van der Waals surface area contributed by atoms with Crippen LogP contribution in [0.25, 0.3) is 11.4 Å². The summed E-state index contributed by atoms with van der Waals surface area (Å²) >= 11 is 0. The Morgan fingerprint density at radius 1 is 1.17 bits per heavy atom. The molecule has 0 fully saturated rings. The molecule has 7 heteroatoms. The van der Waals surface area contributed by atoms with Gasteiger partial charge in [-0.25, -0.2) is 13.2 Å². The van der Waals surface area contributed by atoms with Gasteiger partial charge in [-0.1, -0.05) is 5.16 Å². The topological polar surface area (TPSA) is 59.2 Å². The summed E-state index contributed by atoms with van der Waals surface area (Å²) in [5, 5.41) is 12.2. The lowest BCUT2D eigenvalue weighted by molar-refractivity contribution is 0.278. The van der Waals surface area contributed by atoms with Crippen LogP contribution in [0.15, 0.2) is 16.7 Å². The van der Waals surface area contributed by atoms with Crippen molar-refractivity contribution in [2.75, 3.05) is 6.61 Å². The number of hydrogen-bond acceptors (Lipinski definition) is 4. The molecule has 2 aromatic rings. The minimum atomic E-state index is -1.54. The number of halogens is 3. The number of rotatable bonds is 4. The average molecular weight is 258 g/mol. The molecule has 0 unspecified atom stereocenters. The second-order valence-electron chi connectivity index (χ2n) is 3.59. The van der Waals surface area contributed by atoms with Gasteiger partial charge in [0.15, 0.2) is 17.5 Å². The van der Waals surface area contributed by atoms with Crippen molar-refractivity contribution < 1.29 is 22.8 Å². The van der Waals surface area contributed by atoms with E-state index in [9.17, 15) is 13.2 Å². The van der Waals surface area contributed by atoms with Crippen LogP contribution < -0.4 is 0 Å². The normalized spacial score (nSPS) is 10.9. The molecule has 1 heterocycles. The predicted octanol–water partition coefficient (Wildman–Crippen LogP) is 2.08. The molecular formula is C11H9F3N2O2. The lowest BCUT2D eigenvalue weighted by Crippen LogP contribution is -1.93. The van der Waals surface area contributed by atoms with Gasteiger partial charge in [0.1, 0.15) is 0 Å². The first kappa shape index (κ1) is 12.6. The Hall–Kier alpha value is -1.89. The first-order chi connectivity index (χ1) is 8.61. The molecule has 0 aliphatic rings. The molecule has 2 rings (SSSR count). The SMILES string of the molecule is OCCCc1nc(-c2cc(F)c(F)c(F)c2)no1. The number of benzene rings is 1. The summed E-state index contributed by atoms with van der Waals surface area (Å²) in [6.45, 7) is -0.0302. The van der Waals surface area contributed by atoms with Gasteiger partial charge < -0.3 is 9.63 Å². The van der Waals surface area contributed by atoms with Crippen LogP contribution in [0.5, 0.6) is 0 Å². The first-order valence-corrected chi connectivity index (χ1v) is 5.20. The van der Waals surface area contributed by atoms with Crippen molar-refractivity contribution in [2.45, 2.75) is 12.8 Å². The highest BCUT2D eigenvalue weighted by atomic mass is 19.2. The quantitative estimate of drug-likeness (QED) is 0.853. The van der Waals surface area contributed by atoms with Gasteiger partial charge >= 0.3 is 0 Å². The van der Waals surface area contributed by atoms with Gasteiger partial charge in [-0.2, -0.15) is 4.98 Å². The maximum atomic E-state index is 13.0. The van der Waals surface area contributed by atoms with Crippen molar-refractivity contribution in [3.05, 3.63) is 35.5 Å². The second kappa shape index (κ2) is 5.18. The molecule has 1 aromatic carbocycles. The van der Waals surface area contributed by atoms with E-state index < -0.39 is 17.5 Å². The van der Waals surface area contributed by atoms with E-state index in [1.807, 2.05) is 0 Å². The molecule has 0 saturated heterocycles. The van der Waals surface area contributed by atoms with Crippen LogP contribution in [-0.4, -0.2) is 21.9 Å². The Morgan fingerprint density at radius 2 is 1.83 bits per heavy atom. The zero-order valence-electron chi connectivity index (χ0n) is 9.16. The number of aryl methyl sites for hydroxylation is 1. The summed E-state index contributed by atoms with van der Waals surface area (Å²) in [5.41, 5.74) is -0.00889. The minimum Gasteiger partial charge on any atom is -0.396 e. The molecule has 1 aromatic heterocycles. The Labute approximate surface area is 100 Å². The summed E-state index contributed by atoms with van der Waals surface area (Å²) < 4.78 is 43.6. The van der Waals surface area contributed by atoms with E-state index >= 15 is 0 Å². The number of aromatic nitrogens is 2. The smallest absolute Gasteiger partial charge is 0.227 e. The third kappa shape index (κ3) is 2.51. The minimum absolute atomic E-state index is 0.00889. The van der Waals surface area contributed by atoms with Crippen LogP contribution in [0.4, 0.5) is 13.2 Å². The zero-order chi connectivity index (χ0) is 13.1. The lowest BCUT2D eigenvalue weighted by Gasteiger charge is -1.98. The van der Waals surface area contributed by atoms with Crippen LogP contribution in [0.3, 0.4) is 0 Å². The highest BCUT2D eigenvalue weighted by molar-refractivity contribution is 5.54. The van der Waals surface area contributed by atoms with Crippen molar-refractivity contribution in [3.8, 4) is 11.4 Å². The summed E-state index contributed by atoms with van der Waals surface area (Å²) in [6, 6.07) is 1.58. The second-order valence-corrected chi connectivity index (χ2v) is 3.59. The van der Waals surface area contributed by atoms with Crippen molar-refractivity contribution in [1.29, 1.82) is 0 Å². The van der Waals surface area contributed by atoms with Crippen molar-refractivity contribution in [2.24, 2.45) is 0 Å². The molecule has 0 amide bonds. The van der Waals surface area contributed by atoms with Crippen molar-refractivity contribution >= 4 is 0 Å². The van der Waals surface area contributed by atoms with Gasteiger partial charge in [-0.15, -0.1) is 0 Å². The maximum Gasteiger partial charge on any atom is 0.227 e. The third-order valence-corrected chi connectivity index (χ3v) is 2.26. The van der Waals surface area contributed by atoms with Crippen LogP contribution in [-0.2, 0) is 6.42 Å². The van der Waals surface area contributed by atoms with Crippen LogP contribution in [0, 0.1) is 17.5 Å². The Kier molecular flexibility index (Phi) is 3.61. The standard InChI is InChI=1S/C11H9F3N2O2/c12-7-4-6(5-8(13)10(7)14)11-15-9(18-16-11)2-1-3-17/h4-5,17H,1-3H2. The van der Waals surface area contributed by atoms with Gasteiger partial charge in [0.05, 0.1) is 0 Å². The van der Waals surface area contributed by atoms with Crippen molar-refractivity contribution in [3.63, 3.8) is 0 Å². The molecule has 0 spiro atoms. The lowest BCUT2D eigenvalue weighted by atomic mass is 10.2. The molecule has 0 aliphatic carbocycles. The van der Waals surface area contributed by atoms with Gasteiger partial charge in [0.2, 0.25) is 11.7 Å². The first-order valence-electron chi connectivity index (χ1n) is 5.20. The molecule has 96 valence electrons. The van der Waals surface area contributed by atoms with Crippen LogP contribution in [0.1, 0.15) is 12.3 Å². The van der Waals surface area contributed by atoms with E-state index in [0.29, 0.717) is 12.8 Å². The van der Waals surface area contributed by atoms with E-state index in [4.69, 9.17) is 9.63 Å². The van der Waals surface area contributed by atoms with E-state index in [-0.39, 0.29) is 23.9 Å². The fraction of sp³-hybridized carbons (Fsp3) is 0.273. The van der Waals surface area contributed by atoms with E-state index in [1.165, 1.54) is 0 Å². The summed E-state index contributed by atoms with van der Waals surface area (Å²) in [7, 11) is 0. The van der Waals surface area contributed by atoms with Crippen molar-refractivity contribution in [1.82, 2.24) is 10.1 Å². The Balaban J connectivity index is 2.28. The van der Waals surface area contributed by atoms with Gasteiger partial charge in [-0.3, -0.25) is 0 Å². The van der Waals surface area contributed by atoms with Crippen LogP contribution in [0.2, 0.25) is 0 Å². The fourth-order valence-electron chi connectivity index (χ4n) is 1.39. The number of hydrogen-bond donors (Lipinski definition) is 1. The Bertz CT molecular complexity index is 534. The summed E-state index contributed by atoms with van der Waals surface area (Å²) in [4.78, 5) is 3.89. The van der Waals surface area contributed by atoms with Crippen LogP contribution >= 0.6 is 0 Å². The van der Waals surface area contributed by atoms with Gasteiger partial charge in [-0.05, 0) is 18.6 Å². The maximum absolute atomic E-state index is 13.0. The predicted molar refractivity (Wildman–Crippen MR) is 55.0 cm³/mol. The summed E-state index contributed by atoms with van der Waals surface area (Å²) in [6.07, 6.45) is 0.795. The number of aliphatic hydroxyl groups excluding tert-OH is 1. The summed E-state index contributed by atoms with van der Waals surface area (Å²) in [5.74, 6) is -3.95. The average Bonchev–Trinajstić information content (AvgIpc) is 2.81. The van der Waals surface area contributed by atoms with E-state index in [2.05, 4.69) is 10.1 Å². The number of aliphatic hydroxyl groups is 1. The molecule has 0 aliphatic heterocycles.